The van der Waals surface area contributed by atoms with E-state index in [1.165, 1.54) is 0 Å². The van der Waals surface area contributed by atoms with Gasteiger partial charge < -0.3 is 27.8 Å². The highest BCUT2D eigenvalue weighted by Gasteiger charge is 2.40. The molecule has 0 aliphatic heterocycles. The van der Waals surface area contributed by atoms with Crippen molar-refractivity contribution in [1.29, 1.82) is 0 Å². The molecule has 250 valence electrons. The average molecular weight is 691 g/mol. The Bertz CT molecular complexity index is 937. The standard InChI is InChI=1S/C24H43F3NO10S4/c1-4-10-35-18-21(5-2)38-20-22(34-3)19-36-11-6-13-39-14-8-15-40-16-9-23(29)37-12-7-17-41(30,31)28-42(32,33)24(25,26)27/h4,21-22H,1,5-20H2,2-3H3/q-1. The molecule has 18 heteroatoms. The Morgan fingerprint density at radius 2 is 1.57 bits per heavy atom. The zero-order chi connectivity index (χ0) is 31.9. The third-order valence-corrected chi connectivity index (χ3v) is 10.4. The van der Waals surface area contributed by atoms with Crippen LogP contribution in [0.5, 0.6) is 0 Å². The molecule has 0 aliphatic carbocycles. The van der Waals surface area contributed by atoms with E-state index in [9.17, 15) is 34.8 Å². The molecule has 0 aromatic heterocycles. The highest BCUT2D eigenvalue weighted by atomic mass is 32.3. The van der Waals surface area contributed by atoms with Gasteiger partial charge >= 0.3 is 11.5 Å². The molecule has 0 rings (SSSR count). The van der Waals surface area contributed by atoms with Crippen LogP contribution in [-0.4, -0.2) is 116 Å². The first kappa shape index (κ1) is 41.4. The van der Waals surface area contributed by atoms with Gasteiger partial charge in [-0.1, -0.05) is 13.0 Å². The molecule has 0 spiro atoms. The molecule has 0 aromatic carbocycles. The van der Waals surface area contributed by atoms with Crippen LogP contribution in [0.25, 0.3) is 4.13 Å². The number of halogens is 3. The van der Waals surface area contributed by atoms with Crippen molar-refractivity contribution in [2.45, 2.75) is 56.7 Å². The predicted molar refractivity (Wildman–Crippen MR) is 159 cm³/mol. The summed E-state index contributed by atoms with van der Waals surface area (Å²) < 4.78 is 110. The van der Waals surface area contributed by atoms with Gasteiger partial charge in [-0.05, 0) is 42.9 Å². The van der Waals surface area contributed by atoms with Gasteiger partial charge in [0.2, 0.25) is 0 Å². The molecule has 42 heavy (non-hydrogen) atoms. The molecule has 0 aliphatic rings. The van der Waals surface area contributed by atoms with Crippen LogP contribution in [0.2, 0.25) is 0 Å². The smallest absolute Gasteiger partial charge is 0.466 e. The number of thioether (sulfide) groups is 2. The van der Waals surface area contributed by atoms with Crippen LogP contribution in [-0.2, 0) is 48.5 Å². The summed E-state index contributed by atoms with van der Waals surface area (Å²) >= 11 is 3.37. The van der Waals surface area contributed by atoms with E-state index in [4.69, 9.17) is 23.7 Å². The van der Waals surface area contributed by atoms with Crippen LogP contribution in [0, 0.1) is 0 Å². The topological polar surface area (TPSA) is 146 Å². The first-order valence-electron chi connectivity index (χ1n) is 13.3. The van der Waals surface area contributed by atoms with Crippen LogP contribution in [0.15, 0.2) is 12.7 Å². The summed E-state index contributed by atoms with van der Waals surface area (Å²) in [6.45, 7) is 7.78. The number of methoxy groups -OCH3 is 1. The lowest BCUT2D eigenvalue weighted by Crippen LogP contribution is -2.29. The number of esters is 1. The Kier molecular flexibility index (Phi) is 23.4. The Hall–Kier alpha value is -0.600. The molecule has 0 aromatic rings. The van der Waals surface area contributed by atoms with Crippen molar-refractivity contribution in [1.82, 2.24) is 0 Å². The monoisotopic (exact) mass is 690 g/mol. The van der Waals surface area contributed by atoms with E-state index in [0.29, 0.717) is 38.8 Å². The minimum absolute atomic E-state index is 0.00189. The maximum absolute atomic E-state index is 12.2. The van der Waals surface area contributed by atoms with Crippen LogP contribution in [0.3, 0.4) is 0 Å². The lowest BCUT2D eigenvalue weighted by Gasteiger charge is -2.21. The molecule has 0 N–H and O–H groups in total. The molecule has 0 saturated heterocycles. The van der Waals surface area contributed by atoms with Gasteiger partial charge in [0.25, 0.3) is 0 Å². The van der Waals surface area contributed by atoms with Gasteiger partial charge in [0.15, 0.2) is 10.0 Å². The van der Waals surface area contributed by atoms with Gasteiger partial charge in [0, 0.05) is 25.2 Å². The number of alkyl halides is 3. The maximum atomic E-state index is 12.2. The summed E-state index contributed by atoms with van der Waals surface area (Å²) in [5, 5.41) is 0. The van der Waals surface area contributed by atoms with Gasteiger partial charge in [0.1, 0.15) is 6.10 Å². The fourth-order valence-electron chi connectivity index (χ4n) is 2.82. The van der Waals surface area contributed by atoms with Crippen molar-refractivity contribution in [3.05, 3.63) is 16.8 Å². The zero-order valence-corrected chi connectivity index (χ0v) is 27.3. The van der Waals surface area contributed by atoms with Crippen molar-refractivity contribution >= 4 is 49.5 Å². The SMILES string of the molecule is C=CCOCC(CC)OCC(COCCCSCCCSCCC(=O)OCCCS(=O)(=O)[N-]S(=O)(=O)C(F)(F)F)OC. The fourth-order valence-corrected chi connectivity index (χ4v) is 7.06. The van der Waals surface area contributed by atoms with Crippen molar-refractivity contribution < 1.29 is 58.5 Å². The van der Waals surface area contributed by atoms with Crippen molar-refractivity contribution in [3.8, 4) is 0 Å². The Morgan fingerprint density at radius 3 is 2.19 bits per heavy atom. The molecule has 0 amide bonds. The second kappa shape index (κ2) is 23.7. The number of ether oxygens (including phenoxy) is 5. The molecule has 2 atom stereocenters. The van der Waals surface area contributed by atoms with Crippen molar-refractivity contribution in [2.75, 3.05) is 75.5 Å². The number of hydrogen-bond donors (Lipinski definition) is 0. The van der Waals surface area contributed by atoms with Gasteiger partial charge in [-0.3, -0.25) is 4.79 Å². The van der Waals surface area contributed by atoms with Gasteiger partial charge in [-0.25, -0.2) is 16.8 Å². The summed E-state index contributed by atoms with van der Waals surface area (Å²) in [7, 11) is -9.39. The highest BCUT2D eigenvalue weighted by Crippen LogP contribution is 2.30. The Balaban J connectivity index is 3.71. The van der Waals surface area contributed by atoms with E-state index in [-0.39, 0.29) is 31.7 Å². The van der Waals surface area contributed by atoms with E-state index in [2.05, 4.69) is 6.58 Å². The predicted octanol–water partition coefficient (Wildman–Crippen LogP) is 4.14. The molecule has 11 nitrogen and oxygen atoms in total. The minimum Gasteiger partial charge on any atom is -0.466 e. The van der Waals surface area contributed by atoms with Gasteiger partial charge in [0.05, 0.1) is 55.6 Å². The van der Waals surface area contributed by atoms with E-state index >= 15 is 0 Å². The van der Waals surface area contributed by atoms with Crippen LogP contribution < -0.4 is 0 Å². The number of sulfonamides is 2. The van der Waals surface area contributed by atoms with E-state index in [1.807, 2.05) is 22.8 Å². The molecule has 0 heterocycles. The molecular formula is C24H43F3NO10S4-. The first-order valence-corrected chi connectivity index (χ1v) is 18.6. The normalized spacial score (nSPS) is 14.0. The molecule has 0 radical (unpaired) electrons. The van der Waals surface area contributed by atoms with Gasteiger partial charge in [-0.2, -0.15) is 36.7 Å². The summed E-state index contributed by atoms with van der Waals surface area (Å²) in [5.74, 6) is 1.68. The second-order valence-corrected chi connectivity index (χ2v) is 14.7. The number of carbonyl (C=O) groups excluding carboxylic acids is 1. The van der Waals surface area contributed by atoms with Crippen LogP contribution >= 0.6 is 23.5 Å². The lowest BCUT2D eigenvalue weighted by molar-refractivity contribution is -0.143. The van der Waals surface area contributed by atoms with Crippen LogP contribution in [0.4, 0.5) is 13.2 Å². The summed E-state index contributed by atoms with van der Waals surface area (Å²) in [4.78, 5) is 11.7. The quantitative estimate of drug-likeness (QED) is 0.0661. The number of nitrogens with zero attached hydrogens (tertiary/aromatic N) is 1. The fraction of sp³-hybridized carbons (Fsp3) is 0.875. The average Bonchev–Trinajstić information content (AvgIpc) is 2.91. The number of carbonyl (C=O) groups is 1. The second-order valence-electron chi connectivity index (χ2n) is 8.66. The molecule has 0 bridgehead atoms. The lowest BCUT2D eigenvalue weighted by atomic mass is 10.3. The third-order valence-electron chi connectivity index (χ3n) is 5.07. The van der Waals surface area contributed by atoms with E-state index in [1.54, 1.807) is 24.9 Å². The summed E-state index contributed by atoms with van der Waals surface area (Å²) in [5.41, 5.74) is -5.80. The Labute approximate surface area is 256 Å². The number of rotatable bonds is 28. The highest BCUT2D eigenvalue weighted by molar-refractivity contribution is 8.12. The minimum atomic E-state index is -6.14. The largest absolute Gasteiger partial charge is 0.480 e. The molecule has 0 saturated carbocycles. The summed E-state index contributed by atoms with van der Waals surface area (Å²) in [6, 6.07) is 0. The Morgan fingerprint density at radius 1 is 0.929 bits per heavy atom. The summed E-state index contributed by atoms with van der Waals surface area (Å²) in [6.07, 6.45) is 3.95. The molecule has 0 fully saturated rings. The van der Waals surface area contributed by atoms with Crippen molar-refractivity contribution in [3.63, 3.8) is 0 Å². The number of hydrogen-bond acceptors (Lipinski definition) is 12. The van der Waals surface area contributed by atoms with Crippen LogP contribution in [0.1, 0.15) is 39.0 Å². The maximum Gasteiger partial charge on any atom is 0.480 e. The van der Waals surface area contributed by atoms with Crippen molar-refractivity contribution in [2.24, 2.45) is 0 Å². The van der Waals surface area contributed by atoms with E-state index in [0.717, 1.165) is 36.5 Å². The van der Waals surface area contributed by atoms with Gasteiger partial charge in [-0.15, -0.1) is 6.58 Å². The molecular weight excluding hydrogens is 648 g/mol. The molecule has 2 unspecified atom stereocenters. The third kappa shape index (κ3) is 22.0. The zero-order valence-electron chi connectivity index (χ0n) is 24.0. The van der Waals surface area contributed by atoms with E-state index < -0.39 is 37.3 Å². The first-order chi connectivity index (χ1) is 19.8.